The molecule has 0 fully saturated rings. The Bertz CT molecular complexity index is 563. The molecule has 3 heteroatoms. The van der Waals surface area contributed by atoms with E-state index in [0.29, 0.717) is 18.5 Å². The van der Waals surface area contributed by atoms with Gasteiger partial charge < -0.3 is 10.6 Å². The van der Waals surface area contributed by atoms with Gasteiger partial charge in [-0.3, -0.25) is 4.98 Å². The lowest BCUT2D eigenvalue weighted by Gasteiger charge is -2.32. The monoisotopic (exact) mass is 257 g/mol. The molecule has 2 N–H and O–H groups in total. The number of fused-ring (bicyclic) bond motifs is 1. The fourth-order valence-corrected chi connectivity index (χ4v) is 2.38. The van der Waals surface area contributed by atoms with Crippen LogP contribution in [0, 0.1) is 5.92 Å². The summed E-state index contributed by atoms with van der Waals surface area (Å²) in [6.07, 6.45) is 1.90. The number of anilines is 1. The van der Waals surface area contributed by atoms with Crippen LogP contribution < -0.4 is 10.6 Å². The van der Waals surface area contributed by atoms with Crippen molar-refractivity contribution in [2.24, 2.45) is 11.7 Å². The Hall–Kier alpha value is -1.61. The number of benzene rings is 1. The minimum absolute atomic E-state index is 0.455. The predicted molar refractivity (Wildman–Crippen MR) is 82.3 cm³/mol. The summed E-state index contributed by atoms with van der Waals surface area (Å²) in [5.41, 5.74) is 9.24. The van der Waals surface area contributed by atoms with Crippen LogP contribution in [0.5, 0.6) is 0 Å². The molecule has 0 aliphatic heterocycles. The molecular weight excluding hydrogens is 234 g/mol. The van der Waals surface area contributed by atoms with Gasteiger partial charge in [0.1, 0.15) is 0 Å². The number of rotatable bonds is 4. The summed E-state index contributed by atoms with van der Waals surface area (Å²) in [7, 11) is 2.14. The standard InChI is InChI=1S/C16H23N3/c1-11(2)12(3)19(4)16-13(9-17)10-18-15-8-6-5-7-14(15)16/h5-8,10-12H,9,17H2,1-4H3. The van der Waals surface area contributed by atoms with Crippen LogP contribution in [-0.2, 0) is 6.54 Å². The Labute approximate surface area is 115 Å². The quantitative estimate of drug-likeness (QED) is 0.914. The summed E-state index contributed by atoms with van der Waals surface area (Å²) >= 11 is 0. The largest absolute Gasteiger partial charge is 0.371 e. The number of aromatic nitrogens is 1. The number of hydrogen-bond acceptors (Lipinski definition) is 3. The smallest absolute Gasteiger partial charge is 0.0723 e. The van der Waals surface area contributed by atoms with Crippen molar-refractivity contribution in [1.29, 1.82) is 0 Å². The molecule has 1 atom stereocenters. The minimum atomic E-state index is 0.455. The maximum Gasteiger partial charge on any atom is 0.0723 e. The SMILES string of the molecule is CC(C)C(C)N(C)c1c(CN)cnc2ccccc12. The van der Waals surface area contributed by atoms with Gasteiger partial charge >= 0.3 is 0 Å². The maximum absolute atomic E-state index is 5.89. The molecule has 102 valence electrons. The van der Waals surface area contributed by atoms with Crippen LogP contribution in [0.25, 0.3) is 10.9 Å². The van der Waals surface area contributed by atoms with Crippen molar-refractivity contribution in [2.45, 2.75) is 33.4 Å². The number of nitrogens with zero attached hydrogens (tertiary/aromatic N) is 2. The first-order valence-electron chi connectivity index (χ1n) is 6.85. The van der Waals surface area contributed by atoms with E-state index >= 15 is 0 Å². The summed E-state index contributed by atoms with van der Waals surface area (Å²) in [5.74, 6) is 0.586. The van der Waals surface area contributed by atoms with Gasteiger partial charge in [0.25, 0.3) is 0 Å². The van der Waals surface area contributed by atoms with E-state index in [1.54, 1.807) is 0 Å². The van der Waals surface area contributed by atoms with Crippen LogP contribution in [0.2, 0.25) is 0 Å². The van der Waals surface area contributed by atoms with E-state index < -0.39 is 0 Å². The molecule has 0 amide bonds. The fourth-order valence-electron chi connectivity index (χ4n) is 2.38. The molecule has 1 unspecified atom stereocenters. The van der Waals surface area contributed by atoms with E-state index in [1.165, 1.54) is 11.1 Å². The first-order valence-corrected chi connectivity index (χ1v) is 6.85. The van der Waals surface area contributed by atoms with Gasteiger partial charge in [-0.15, -0.1) is 0 Å². The van der Waals surface area contributed by atoms with Crippen LogP contribution >= 0.6 is 0 Å². The van der Waals surface area contributed by atoms with Crippen molar-refractivity contribution >= 4 is 16.6 Å². The van der Waals surface area contributed by atoms with Crippen molar-refractivity contribution < 1.29 is 0 Å². The molecule has 1 aromatic heterocycles. The van der Waals surface area contributed by atoms with Crippen LogP contribution in [0.3, 0.4) is 0 Å². The first kappa shape index (κ1) is 13.8. The number of nitrogens with two attached hydrogens (primary N) is 1. The van der Waals surface area contributed by atoms with Crippen LogP contribution in [0.4, 0.5) is 5.69 Å². The second-order valence-electron chi connectivity index (χ2n) is 5.45. The predicted octanol–water partition coefficient (Wildman–Crippen LogP) is 3.17. The van der Waals surface area contributed by atoms with E-state index in [1.807, 2.05) is 18.3 Å². The molecule has 0 saturated heterocycles. The van der Waals surface area contributed by atoms with Gasteiger partial charge in [-0.05, 0) is 18.9 Å². The van der Waals surface area contributed by atoms with Crippen LogP contribution in [0.1, 0.15) is 26.3 Å². The highest BCUT2D eigenvalue weighted by Crippen LogP contribution is 2.31. The lowest BCUT2D eigenvalue weighted by Crippen LogP contribution is -2.34. The zero-order chi connectivity index (χ0) is 14.0. The maximum atomic E-state index is 5.89. The molecule has 1 aromatic carbocycles. The number of pyridine rings is 1. The van der Waals surface area contributed by atoms with E-state index in [0.717, 1.165) is 11.1 Å². The molecule has 0 radical (unpaired) electrons. The van der Waals surface area contributed by atoms with Crippen LogP contribution in [0.15, 0.2) is 30.5 Å². The highest BCUT2D eigenvalue weighted by atomic mass is 15.1. The Morgan fingerprint density at radius 1 is 1.21 bits per heavy atom. The molecule has 19 heavy (non-hydrogen) atoms. The topological polar surface area (TPSA) is 42.1 Å². The van der Waals surface area contributed by atoms with Crippen LogP contribution in [-0.4, -0.2) is 18.1 Å². The third-order valence-corrected chi connectivity index (χ3v) is 3.97. The third-order valence-electron chi connectivity index (χ3n) is 3.97. The van der Waals surface area contributed by atoms with Gasteiger partial charge in [0.2, 0.25) is 0 Å². The molecule has 0 aliphatic carbocycles. The Kier molecular flexibility index (Phi) is 4.05. The second kappa shape index (κ2) is 5.57. The zero-order valence-corrected chi connectivity index (χ0v) is 12.2. The highest BCUT2D eigenvalue weighted by Gasteiger charge is 2.18. The summed E-state index contributed by atoms with van der Waals surface area (Å²) in [6, 6.07) is 8.71. The fraction of sp³-hybridized carbons (Fsp3) is 0.438. The molecule has 0 saturated carbocycles. The average molecular weight is 257 g/mol. The Morgan fingerprint density at radius 3 is 2.53 bits per heavy atom. The van der Waals surface area contributed by atoms with E-state index in [2.05, 4.69) is 49.8 Å². The van der Waals surface area contributed by atoms with Gasteiger partial charge in [-0.2, -0.15) is 0 Å². The molecular formula is C16H23N3. The molecule has 0 bridgehead atoms. The minimum Gasteiger partial charge on any atom is -0.371 e. The zero-order valence-electron chi connectivity index (χ0n) is 12.2. The lowest BCUT2D eigenvalue weighted by atomic mass is 10.0. The average Bonchev–Trinajstić information content (AvgIpc) is 2.44. The van der Waals surface area contributed by atoms with Gasteiger partial charge in [-0.1, -0.05) is 32.0 Å². The molecule has 0 aliphatic rings. The summed E-state index contributed by atoms with van der Waals surface area (Å²) in [6.45, 7) is 7.25. The summed E-state index contributed by atoms with van der Waals surface area (Å²) < 4.78 is 0. The third kappa shape index (κ3) is 2.56. The number of para-hydroxylation sites is 1. The first-order chi connectivity index (χ1) is 9.06. The van der Waals surface area contributed by atoms with E-state index in [-0.39, 0.29) is 0 Å². The Morgan fingerprint density at radius 2 is 1.89 bits per heavy atom. The molecule has 0 spiro atoms. The van der Waals surface area contributed by atoms with Crippen molar-refractivity contribution in [1.82, 2.24) is 4.98 Å². The molecule has 1 heterocycles. The van der Waals surface area contributed by atoms with Gasteiger partial charge in [0.05, 0.1) is 11.2 Å². The summed E-state index contributed by atoms with van der Waals surface area (Å²) in [4.78, 5) is 6.82. The number of hydrogen-bond donors (Lipinski definition) is 1. The van der Waals surface area contributed by atoms with Crippen molar-refractivity contribution in [2.75, 3.05) is 11.9 Å². The molecule has 2 aromatic rings. The van der Waals surface area contributed by atoms with Crippen molar-refractivity contribution in [3.63, 3.8) is 0 Å². The van der Waals surface area contributed by atoms with Gasteiger partial charge in [-0.25, -0.2) is 0 Å². The summed E-state index contributed by atoms with van der Waals surface area (Å²) in [5, 5.41) is 1.18. The molecule has 2 rings (SSSR count). The molecule has 3 nitrogen and oxygen atoms in total. The highest BCUT2D eigenvalue weighted by molar-refractivity contribution is 5.93. The van der Waals surface area contributed by atoms with Crippen molar-refractivity contribution in [3.05, 3.63) is 36.0 Å². The van der Waals surface area contributed by atoms with Crippen molar-refractivity contribution in [3.8, 4) is 0 Å². The normalized spacial score (nSPS) is 12.9. The van der Waals surface area contributed by atoms with Gasteiger partial charge in [0.15, 0.2) is 0 Å². The lowest BCUT2D eigenvalue weighted by molar-refractivity contribution is 0.505. The van der Waals surface area contributed by atoms with E-state index in [4.69, 9.17) is 5.73 Å². The Balaban J connectivity index is 2.62. The van der Waals surface area contributed by atoms with E-state index in [9.17, 15) is 0 Å². The van der Waals surface area contributed by atoms with Gasteiger partial charge in [0, 0.05) is 36.8 Å². The second-order valence-corrected chi connectivity index (χ2v) is 5.45.